The van der Waals surface area contributed by atoms with E-state index >= 15 is 0 Å². The molecule has 80 valence electrons. The molecule has 2 unspecified atom stereocenters. The summed E-state index contributed by atoms with van der Waals surface area (Å²) in [6.07, 6.45) is 7.41. The third-order valence-corrected chi connectivity index (χ3v) is 3.19. The highest BCUT2D eigenvalue weighted by Crippen LogP contribution is 2.12. The zero-order chi connectivity index (χ0) is 10.4. The number of nitrogens with one attached hydrogen (secondary N) is 1. The van der Waals surface area contributed by atoms with Crippen LogP contribution in [0.4, 0.5) is 0 Å². The van der Waals surface area contributed by atoms with E-state index < -0.39 is 0 Å². The van der Waals surface area contributed by atoms with Gasteiger partial charge >= 0.3 is 0 Å². The number of terminal acetylenes is 1. The Morgan fingerprint density at radius 2 is 2.43 bits per heavy atom. The van der Waals surface area contributed by atoms with Crippen LogP contribution >= 0.6 is 0 Å². The van der Waals surface area contributed by atoms with Crippen LogP contribution in [-0.4, -0.2) is 37.1 Å². The third-order valence-electron chi connectivity index (χ3n) is 3.19. The van der Waals surface area contributed by atoms with E-state index in [0.717, 1.165) is 38.5 Å². The molecule has 0 amide bonds. The Labute approximate surface area is 88.1 Å². The molecule has 1 aliphatic heterocycles. The average Bonchev–Trinajstić information content (AvgIpc) is 2.25. The quantitative estimate of drug-likeness (QED) is 0.679. The monoisotopic (exact) mass is 194 g/mol. The van der Waals surface area contributed by atoms with Gasteiger partial charge in [-0.3, -0.25) is 4.90 Å². The first-order valence-electron chi connectivity index (χ1n) is 5.67. The fourth-order valence-electron chi connectivity index (χ4n) is 1.93. The first-order chi connectivity index (χ1) is 6.77. The topological polar surface area (TPSA) is 15.3 Å². The van der Waals surface area contributed by atoms with Gasteiger partial charge in [0.25, 0.3) is 0 Å². The maximum Gasteiger partial charge on any atom is 0.0221 e. The van der Waals surface area contributed by atoms with Gasteiger partial charge in [0.1, 0.15) is 0 Å². The summed E-state index contributed by atoms with van der Waals surface area (Å²) in [6, 6.07) is 0.659. The molecule has 1 N–H and O–H groups in total. The van der Waals surface area contributed by atoms with Crippen molar-refractivity contribution in [3.8, 4) is 12.3 Å². The Balaban J connectivity index is 2.32. The van der Waals surface area contributed by atoms with E-state index in [1.165, 1.54) is 6.42 Å². The molecule has 0 radical (unpaired) electrons. The van der Waals surface area contributed by atoms with Gasteiger partial charge in [0, 0.05) is 38.6 Å². The Morgan fingerprint density at radius 1 is 1.64 bits per heavy atom. The van der Waals surface area contributed by atoms with Crippen LogP contribution in [0, 0.1) is 18.3 Å². The molecule has 0 aromatic rings. The van der Waals surface area contributed by atoms with E-state index in [4.69, 9.17) is 6.42 Å². The van der Waals surface area contributed by atoms with Crippen LogP contribution in [-0.2, 0) is 0 Å². The molecule has 2 atom stereocenters. The third kappa shape index (κ3) is 3.32. The molecule has 0 spiro atoms. The predicted octanol–water partition coefficient (Wildman–Crippen LogP) is 1.33. The number of nitrogens with zero attached hydrogens (tertiary/aromatic N) is 1. The van der Waals surface area contributed by atoms with Gasteiger partial charge in [-0.1, -0.05) is 20.3 Å². The molecule has 2 nitrogen and oxygen atoms in total. The van der Waals surface area contributed by atoms with Crippen molar-refractivity contribution in [3.63, 3.8) is 0 Å². The van der Waals surface area contributed by atoms with Crippen molar-refractivity contribution >= 4 is 0 Å². The molecule has 0 aromatic heterocycles. The van der Waals surface area contributed by atoms with E-state index in [9.17, 15) is 0 Å². The Bertz CT molecular complexity index is 195. The van der Waals surface area contributed by atoms with E-state index in [1.807, 2.05) is 0 Å². The molecule has 1 saturated heterocycles. The normalized spacial score (nSPS) is 25.6. The minimum absolute atomic E-state index is 0.659. The molecule has 1 heterocycles. The Kier molecular flexibility index (Phi) is 5.00. The lowest BCUT2D eigenvalue weighted by Gasteiger charge is -2.36. The van der Waals surface area contributed by atoms with Crippen LogP contribution < -0.4 is 5.32 Å². The SMILES string of the molecule is C#CCCN1CCNC(C(C)CC)C1. The van der Waals surface area contributed by atoms with Crippen molar-refractivity contribution in [2.45, 2.75) is 32.7 Å². The highest BCUT2D eigenvalue weighted by molar-refractivity contribution is 4.87. The van der Waals surface area contributed by atoms with Crippen molar-refractivity contribution < 1.29 is 0 Å². The molecule has 0 aromatic carbocycles. The van der Waals surface area contributed by atoms with Crippen molar-refractivity contribution in [3.05, 3.63) is 0 Å². The fourth-order valence-corrected chi connectivity index (χ4v) is 1.93. The minimum atomic E-state index is 0.659. The number of hydrogen-bond acceptors (Lipinski definition) is 2. The second-order valence-electron chi connectivity index (χ2n) is 4.20. The zero-order valence-corrected chi connectivity index (χ0v) is 9.42. The summed E-state index contributed by atoms with van der Waals surface area (Å²) in [5.41, 5.74) is 0. The standard InChI is InChI=1S/C12H22N2/c1-4-6-8-14-9-7-13-12(10-14)11(3)5-2/h1,11-13H,5-10H2,2-3H3. The summed E-state index contributed by atoms with van der Waals surface area (Å²) >= 11 is 0. The Morgan fingerprint density at radius 3 is 3.07 bits per heavy atom. The van der Waals surface area contributed by atoms with E-state index in [0.29, 0.717) is 6.04 Å². The van der Waals surface area contributed by atoms with Crippen LogP contribution in [0.15, 0.2) is 0 Å². The van der Waals surface area contributed by atoms with Gasteiger partial charge in [-0.25, -0.2) is 0 Å². The highest BCUT2D eigenvalue weighted by atomic mass is 15.2. The summed E-state index contributed by atoms with van der Waals surface area (Å²) in [4.78, 5) is 2.48. The number of rotatable bonds is 4. The molecular weight excluding hydrogens is 172 g/mol. The molecule has 0 saturated carbocycles. The largest absolute Gasteiger partial charge is 0.311 e. The first kappa shape index (κ1) is 11.6. The summed E-state index contributed by atoms with van der Waals surface area (Å²) in [5.74, 6) is 3.48. The summed E-state index contributed by atoms with van der Waals surface area (Å²) in [5, 5.41) is 3.58. The lowest BCUT2D eigenvalue weighted by Crippen LogP contribution is -2.53. The summed E-state index contributed by atoms with van der Waals surface area (Å²) < 4.78 is 0. The van der Waals surface area contributed by atoms with Crippen molar-refractivity contribution in [2.24, 2.45) is 5.92 Å². The number of piperazine rings is 1. The van der Waals surface area contributed by atoms with Crippen LogP contribution in [0.5, 0.6) is 0 Å². The molecule has 2 heteroatoms. The van der Waals surface area contributed by atoms with Gasteiger partial charge in [0.15, 0.2) is 0 Å². The molecule has 1 rings (SSSR count). The lowest BCUT2D eigenvalue weighted by atomic mass is 9.97. The van der Waals surface area contributed by atoms with Crippen LogP contribution in [0.1, 0.15) is 26.7 Å². The van der Waals surface area contributed by atoms with Crippen LogP contribution in [0.25, 0.3) is 0 Å². The zero-order valence-electron chi connectivity index (χ0n) is 9.42. The average molecular weight is 194 g/mol. The Hall–Kier alpha value is -0.520. The smallest absolute Gasteiger partial charge is 0.0221 e. The van der Waals surface area contributed by atoms with Crippen molar-refractivity contribution in [1.82, 2.24) is 10.2 Å². The maximum atomic E-state index is 5.27. The molecule has 0 aliphatic carbocycles. The highest BCUT2D eigenvalue weighted by Gasteiger charge is 2.22. The lowest BCUT2D eigenvalue weighted by molar-refractivity contribution is 0.171. The van der Waals surface area contributed by atoms with Gasteiger partial charge in [-0.15, -0.1) is 12.3 Å². The molecule has 1 fully saturated rings. The summed E-state index contributed by atoms with van der Waals surface area (Å²) in [7, 11) is 0. The van der Waals surface area contributed by atoms with Gasteiger partial charge in [0.2, 0.25) is 0 Å². The first-order valence-corrected chi connectivity index (χ1v) is 5.67. The number of hydrogen-bond donors (Lipinski definition) is 1. The van der Waals surface area contributed by atoms with Crippen LogP contribution in [0.3, 0.4) is 0 Å². The minimum Gasteiger partial charge on any atom is -0.311 e. The van der Waals surface area contributed by atoms with E-state index in [1.54, 1.807) is 0 Å². The summed E-state index contributed by atoms with van der Waals surface area (Å²) in [6.45, 7) is 9.06. The molecular formula is C12H22N2. The second kappa shape index (κ2) is 6.06. The fraction of sp³-hybridized carbons (Fsp3) is 0.833. The van der Waals surface area contributed by atoms with Crippen molar-refractivity contribution in [2.75, 3.05) is 26.2 Å². The molecule has 1 aliphatic rings. The second-order valence-corrected chi connectivity index (χ2v) is 4.20. The predicted molar refractivity (Wildman–Crippen MR) is 61.1 cm³/mol. The van der Waals surface area contributed by atoms with Crippen molar-refractivity contribution in [1.29, 1.82) is 0 Å². The van der Waals surface area contributed by atoms with Crippen LogP contribution in [0.2, 0.25) is 0 Å². The maximum absolute atomic E-state index is 5.27. The van der Waals surface area contributed by atoms with Gasteiger partial charge in [-0.05, 0) is 5.92 Å². The molecule has 14 heavy (non-hydrogen) atoms. The van der Waals surface area contributed by atoms with E-state index in [2.05, 4.69) is 30.0 Å². The molecule has 0 bridgehead atoms. The van der Waals surface area contributed by atoms with E-state index in [-0.39, 0.29) is 0 Å². The van der Waals surface area contributed by atoms with Gasteiger partial charge in [-0.2, -0.15) is 0 Å². The van der Waals surface area contributed by atoms with Gasteiger partial charge in [0.05, 0.1) is 0 Å². The van der Waals surface area contributed by atoms with Gasteiger partial charge < -0.3 is 5.32 Å².